The number of nitrogens with two attached hydrogens (primary N) is 1. The number of amides is 2. The average Bonchev–Trinajstić information content (AvgIpc) is 2.20. The van der Waals surface area contributed by atoms with Crippen LogP contribution in [0.5, 0.6) is 0 Å². The summed E-state index contributed by atoms with van der Waals surface area (Å²) in [5.74, 6) is -2.65. The van der Waals surface area contributed by atoms with Crippen LogP contribution in [0.1, 0.15) is 26.7 Å². The number of hydrogen-bond donors (Lipinski definition) is 4. The molecule has 0 spiro atoms. The van der Waals surface area contributed by atoms with Crippen molar-refractivity contribution < 1.29 is 19.5 Å². The minimum absolute atomic E-state index is 0.106. The van der Waals surface area contributed by atoms with Crippen molar-refractivity contribution in [2.45, 2.75) is 32.7 Å². The van der Waals surface area contributed by atoms with E-state index in [0.29, 0.717) is 13.0 Å². The molecule has 2 amide bonds. The van der Waals surface area contributed by atoms with E-state index in [4.69, 9.17) is 16.2 Å². The number of hydrogen-bond acceptors (Lipinski definition) is 4. The highest BCUT2D eigenvalue weighted by Crippen LogP contribution is 2.08. The second kappa shape index (κ2) is 7.25. The van der Waals surface area contributed by atoms with E-state index in [1.807, 2.05) is 0 Å². The van der Waals surface area contributed by atoms with E-state index in [0.717, 1.165) is 18.7 Å². The highest BCUT2D eigenvalue weighted by Gasteiger charge is 2.30. The number of carbonyl (C=O) groups is 3. The first-order valence-corrected chi connectivity index (χ1v) is 5.38. The summed E-state index contributed by atoms with van der Waals surface area (Å²) < 4.78 is 0. The Hall–Kier alpha value is -2.12. The Balaban J connectivity index is 4.55. The number of nitrogens with one attached hydrogen (secondary N) is 2. The highest BCUT2D eigenvalue weighted by molar-refractivity contribution is 5.97. The van der Waals surface area contributed by atoms with Crippen LogP contribution in [0, 0.1) is 5.41 Å². The van der Waals surface area contributed by atoms with Gasteiger partial charge < -0.3 is 16.2 Å². The lowest BCUT2D eigenvalue weighted by atomic mass is 10.1. The third-order valence-electron chi connectivity index (χ3n) is 2.25. The molecular formula is C10H18N4O4. The van der Waals surface area contributed by atoms with Crippen molar-refractivity contribution >= 4 is 23.7 Å². The number of imide groups is 1. The van der Waals surface area contributed by atoms with Crippen molar-refractivity contribution in [2.75, 3.05) is 6.54 Å². The Kier molecular flexibility index (Phi) is 6.40. The number of rotatable bonds is 6. The monoisotopic (exact) mass is 258 g/mol. The van der Waals surface area contributed by atoms with Crippen LogP contribution in [0.4, 0.5) is 0 Å². The summed E-state index contributed by atoms with van der Waals surface area (Å²) in [6.07, 6.45) is 0.475. The predicted octanol–water partition coefficient (Wildman–Crippen LogP) is -0.902. The van der Waals surface area contributed by atoms with Gasteiger partial charge in [0.15, 0.2) is 5.96 Å². The number of carboxylic acids is 1. The number of nitrogens with zero attached hydrogens (tertiary/aromatic N) is 1. The third-order valence-corrected chi connectivity index (χ3v) is 2.25. The van der Waals surface area contributed by atoms with Crippen LogP contribution in [-0.4, -0.2) is 46.3 Å². The standard InChI is InChI=1S/C10H18N4O4/c1-6(15)14(7(2)16)8(9(17)18)4-3-5-13-10(11)12/h8H,3-5H2,1-2H3,(H,17,18)(H4,11,12,13)/t8-/m0/s1. The summed E-state index contributed by atoms with van der Waals surface area (Å²) in [6.45, 7) is 2.60. The molecule has 0 bridgehead atoms. The lowest BCUT2D eigenvalue weighted by Crippen LogP contribution is -2.47. The predicted molar refractivity (Wildman–Crippen MR) is 63.8 cm³/mol. The molecule has 0 saturated carbocycles. The topological polar surface area (TPSA) is 137 Å². The second-order valence-corrected chi connectivity index (χ2v) is 3.74. The summed E-state index contributed by atoms with van der Waals surface area (Å²) in [5.41, 5.74) is 5.06. The second-order valence-electron chi connectivity index (χ2n) is 3.74. The van der Waals surface area contributed by atoms with Crippen molar-refractivity contribution in [1.29, 1.82) is 5.41 Å². The lowest BCUT2D eigenvalue weighted by molar-refractivity contribution is -0.156. The molecule has 102 valence electrons. The highest BCUT2D eigenvalue weighted by atomic mass is 16.4. The molecule has 0 aliphatic rings. The molecule has 0 rings (SSSR count). The smallest absolute Gasteiger partial charge is 0.326 e. The molecule has 0 aromatic rings. The number of carbonyl (C=O) groups excluding carboxylic acids is 2. The molecule has 8 heteroatoms. The fraction of sp³-hybridized carbons (Fsp3) is 0.600. The quantitative estimate of drug-likeness (QED) is 0.277. The normalized spacial score (nSPS) is 11.4. The summed E-state index contributed by atoms with van der Waals surface area (Å²) in [7, 11) is 0. The zero-order valence-electron chi connectivity index (χ0n) is 10.4. The van der Waals surface area contributed by atoms with Gasteiger partial charge in [-0.15, -0.1) is 0 Å². The van der Waals surface area contributed by atoms with Gasteiger partial charge in [-0.25, -0.2) is 4.79 Å². The maximum absolute atomic E-state index is 11.2. The number of guanidine groups is 1. The summed E-state index contributed by atoms with van der Waals surface area (Å²) in [6, 6.07) is -1.19. The van der Waals surface area contributed by atoms with E-state index in [1.54, 1.807) is 0 Å². The van der Waals surface area contributed by atoms with E-state index in [9.17, 15) is 14.4 Å². The van der Waals surface area contributed by atoms with Gasteiger partial charge in [0.25, 0.3) is 0 Å². The first-order valence-electron chi connectivity index (χ1n) is 5.38. The van der Waals surface area contributed by atoms with Gasteiger partial charge in [-0.1, -0.05) is 0 Å². The van der Waals surface area contributed by atoms with Crippen molar-refractivity contribution in [1.82, 2.24) is 10.2 Å². The number of aliphatic carboxylic acids is 1. The van der Waals surface area contributed by atoms with Gasteiger partial charge in [-0.2, -0.15) is 0 Å². The van der Waals surface area contributed by atoms with Crippen LogP contribution in [0.15, 0.2) is 0 Å². The molecule has 8 nitrogen and oxygen atoms in total. The van der Waals surface area contributed by atoms with Crippen molar-refractivity contribution in [3.63, 3.8) is 0 Å². The number of carboxylic acid groups (broad SMARTS) is 1. The van der Waals surface area contributed by atoms with Gasteiger partial charge in [0.05, 0.1) is 0 Å². The van der Waals surface area contributed by atoms with Crippen LogP contribution >= 0.6 is 0 Å². The van der Waals surface area contributed by atoms with Gasteiger partial charge in [0, 0.05) is 20.4 Å². The average molecular weight is 258 g/mol. The molecule has 0 saturated heterocycles. The van der Waals surface area contributed by atoms with E-state index < -0.39 is 23.8 Å². The van der Waals surface area contributed by atoms with Gasteiger partial charge in [0.2, 0.25) is 11.8 Å². The molecule has 1 atom stereocenters. The zero-order valence-corrected chi connectivity index (χ0v) is 10.4. The fourth-order valence-electron chi connectivity index (χ4n) is 1.54. The van der Waals surface area contributed by atoms with Crippen LogP contribution < -0.4 is 11.1 Å². The SMILES string of the molecule is CC(=O)N(C(C)=O)[C@@H](CCCNC(=N)N)C(=O)O. The maximum atomic E-state index is 11.2. The van der Waals surface area contributed by atoms with Crippen molar-refractivity contribution in [2.24, 2.45) is 5.73 Å². The molecular weight excluding hydrogens is 240 g/mol. The van der Waals surface area contributed by atoms with Gasteiger partial charge in [-0.3, -0.25) is 19.9 Å². The van der Waals surface area contributed by atoms with Gasteiger partial charge in [-0.05, 0) is 12.8 Å². The molecule has 0 unspecified atom stereocenters. The molecule has 0 radical (unpaired) electrons. The molecule has 18 heavy (non-hydrogen) atoms. The van der Waals surface area contributed by atoms with E-state index in [2.05, 4.69) is 5.32 Å². The fourth-order valence-corrected chi connectivity index (χ4v) is 1.54. The van der Waals surface area contributed by atoms with Gasteiger partial charge >= 0.3 is 5.97 Å². The Morgan fingerprint density at radius 2 is 1.83 bits per heavy atom. The Morgan fingerprint density at radius 1 is 1.33 bits per heavy atom. The summed E-state index contributed by atoms with van der Waals surface area (Å²) in [4.78, 5) is 34.3. The van der Waals surface area contributed by atoms with Crippen LogP contribution in [0.2, 0.25) is 0 Å². The van der Waals surface area contributed by atoms with Crippen LogP contribution in [-0.2, 0) is 14.4 Å². The minimum Gasteiger partial charge on any atom is -0.480 e. The molecule has 0 fully saturated rings. The third kappa shape index (κ3) is 5.28. The Labute approximate surface area is 105 Å². The van der Waals surface area contributed by atoms with Gasteiger partial charge in [0.1, 0.15) is 6.04 Å². The largest absolute Gasteiger partial charge is 0.480 e. The Morgan fingerprint density at radius 3 is 2.17 bits per heavy atom. The lowest BCUT2D eigenvalue weighted by Gasteiger charge is -2.24. The first kappa shape index (κ1) is 15.9. The van der Waals surface area contributed by atoms with E-state index in [1.165, 1.54) is 0 Å². The van der Waals surface area contributed by atoms with E-state index in [-0.39, 0.29) is 12.4 Å². The molecule has 0 aromatic heterocycles. The summed E-state index contributed by atoms with van der Waals surface area (Å²) >= 11 is 0. The molecule has 0 aliphatic carbocycles. The van der Waals surface area contributed by atoms with Crippen LogP contribution in [0.25, 0.3) is 0 Å². The minimum atomic E-state index is -1.23. The van der Waals surface area contributed by atoms with Crippen molar-refractivity contribution in [3.8, 4) is 0 Å². The van der Waals surface area contributed by atoms with E-state index >= 15 is 0 Å². The molecule has 0 aliphatic heterocycles. The van der Waals surface area contributed by atoms with Crippen molar-refractivity contribution in [3.05, 3.63) is 0 Å². The van der Waals surface area contributed by atoms with Crippen LogP contribution in [0.3, 0.4) is 0 Å². The maximum Gasteiger partial charge on any atom is 0.326 e. The zero-order chi connectivity index (χ0) is 14.3. The molecule has 5 N–H and O–H groups in total. The first-order chi connectivity index (χ1) is 8.27. The molecule has 0 aromatic carbocycles. The summed E-state index contributed by atoms with van der Waals surface area (Å²) in [5, 5.41) is 18.5. The molecule has 0 heterocycles. The Bertz CT molecular complexity index is 342.